The number of ether oxygens (including phenoxy) is 1. The van der Waals surface area contributed by atoms with Crippen LogP contribution in [0.1, 0.15) is 23.6 Å². The van der Waals surface area contributed by atoms with Crippen LogP contribution >= 0.6 is 12.4 Å². The lowest BCUT2D eigenvalue weighted by Crippen LogP contribution is -2.47. The van der Waals surface area contributed by atoms with Crippen molar-refractivity contribution in [2.75, 3.05) is 33.3 Å². The fourth-order valence-corrected chi connectivity index (χ4v) is 3.52. The fourth-order valence-electron chi connectivity index (χ4n) is 3.52. The van der Waals surface area contributed by atoms with Gasteiger partial charge in [0.15, 0.2) is 0 Å². The molecule has 162 valence electrons. The molecule has 1 aliphatic heterocycles. The van der Waals surface area contributed by atoms with Crippen molar-refractivity contribution in [1.29, 1.82) is 0 Å². The molecule has 30 heavy (non-hydrogen) atoms. The number of benzene rings is 2. The zero-order chi connectivity index (χ0) is 20.5. The van der Waals surface area contributed by atoms with E-state index in [-0.39, 0.29) is 30.8 Å². The van der Waals surface area contributed by atoms with E-state index in [2.05, 4.69) is 26.9 Å². The molecule has 0 spiro atoms. The highest BCUT2D eigenvalue weighted by molar-refractivity contribution is 5.94. The number of nitrogens with zero attached hydrogens (tertiary/aromatic N) is 1. The van der Waals surface area contributed by atoms with Crippen molar-refractivity contribution in [3.63, 3.8) is 0 Å². The highest BCUT2D eigenvalue weighted by Gasteiger charge is 2.26. The Kier molecular flexibility index (Phi) is 9.60. The maximum absolute atomic E-state index is 12.2. The van der Waals surface area contributed by atoms with Crippen molar-refractivity contribution >= 4 is 24.3 Å². The molecule has 3 rings (SSSR count). The minimum Gasteiger partial charge on any atom is -0.496 e. The molecule has 3 N–H and O–H groups in total. The topological polar surface area (TPSA) is 82.7 Å². The minimum absolute atomic E-state index is 0. The van der Waals surface area contributed by atoms with Crippen LogP contribution in [0.2, 0.25) is 0 Å². The largest absolute Gasteiger partial charge is 0.496 e. The average Bonchev–Trinajstić information content (AvgIpc) is 2.77. The van der Waals surface area contributed by atoms with Crippen LogP contribution in [-0.2, 0) is 11.3 Å². The number of amides is 3. The lowest BCUT2D eigenvalue weighted by Gasteiger charge is -2.36. The number of urea groups is 1. The number of hydrogen-bond acceptors (Lipinski definition) is 5. The Morgan fingerprint density at radius 1 is 1.13 bits per heavy atom. The van der Waals surface area contributed by atoms with E-state index in [0.717, 1.165) is 36.5 Å². The number of hydrogen-bond donors (Lipinski definition) is 3. The molecule has 1 unspecified atom stereocenters. The van der Waals surface area contributed by atoms with Crippen LogP contribution in [0.3, 0.4) is 0 Å². The summed E-state index contributed by atoms with van der Waals surface area (Å²) < 4.78 is 5.50. The first kappa shape index (κ1) is 23.7. The quantitative estimate of drug-likeness (QED) is 0.626. The molecule has 2 aromatic carbocycles. The predicted octanol–water partition coefficient (Wildman–Crippen LogP) is 2.48. The Morgan fingerprint density at radius 3 is 2.63 bits per heavy atom. The van der Waals surface area contributed by atoms with Gasteiger partial charge in [-0.25, -0.2) is 4.79 Å². The van der Waals surface area contributed by atoms with Gasteiger partial charge in [-0.2, -0.15) is 0 Å². The fraction of sp³-hybridized carbons (Fsp3) is 0.364. The molecule has 1 atom stereocenters. The Morgan fingerprint density at radius 2 is 1.87 bits per heavy atom. The molecule has 0 aliphatic carbocycles. The Bertz CT molecular complexity index is 819. The number of rotatable bonds is 7. The monoisotopic (exact) mass is 432 g/mol. The summed E-state index contributed by atoms with van der Waals surface area (Å²) in [6, 6.07) is 17.2. The lowest BCUT2D eigenvalue weighted by molar-refractivity contribution is -0.120. The van der Waals surface area contributed by atoms with E-state index in [1.165, 1.54) is 0 Å². The van der Waals surface area contributed by atoms with Crippen molar-refractivity contribution < 1.29 is 14.3 Å². The van der Waals surface area contributed by atoms with Gasteiger partial charge in [0.1, 0.15) is 5.75 Å². The number of nitrogens with one attached hydrogen (secondary N) is 3. The van der Waals surface area contributed by atoms with Crippen LogP contribution in [-0.4, -0.2) is 50.1 Å². The zero-order valence-electron chi connectivity index (χ0n) is 17.1. The number of methoxy groups -OCH3 is 1. The number of imide groups is 1. The second-order valence-electron chi connectivity index (χ2n) is 6.96. The SMILES string of the molecule is COc1ccccc1C1CNCCN1CCC(=O)NC(=O)NCc1ccccc1.Cl. The maximum Gasteiger partial charge on any atom is 0.321 e. The third kappa shape index (κ3) is 6.73. The molecule has 1 saturated heterocycles. The Balaban J connectivity index is 0.00000320. The molecule has 8 heteroatoms. The molecule has 1 fully saturated rings. The second-order valence-corrected chi connectivity index (χ2v) is 6.96. The summed E-state index contributed by atoms with van der Waals surface area (Å²) in [4.78, 5) is 26.5. The van der Waals surface area contributed by atoms with E-state index < -0.39 is 6.03 Å². The summed E-state index contributed by atoms with van der Waals surface area (Å²) in [5, 5.41) is 8.52. The van der Waals surface area contributed by atoms with Gasteiger partial charge in [-0.3, -0.25) is 15.0 Å². The van der Waals surface area contributed by atoms with Crippen molar-refractivity contribution in [3.8, 4) is 5.75 Å². The first-order valence-electron chi connectivity index (χ1n) is 9.86. The van der Waals surface area contributed by atoms with E-state index in [9.17, 15) is 9.59 Å². The molecular weight excluding hydrogens is 404 g/mol. The van der Waals surface area contributed by atoms with Crippen LogP contribution in [0.5, 0.6) is 5.75 Å². The van der Waals surface area contributed by atoms with Gasteiger partial charge < -0.3 is 15.4 Å². The molecular formula is C22H29ClN4O3. The van der Waals surface area contributed by atoms with E-state index in [1.54, 1.807) is 7.11 Å². The Labute approximate surface area is 183 Å². The van der Waals surface area contributed by atoms with Crippen LogP contribution < -0.4 is 20.7 Å². The van der Waals surface area contributed by atoms with Crippen LogP contribution in [0.4, 0.5) is 4.79 Å². The van der Waals surface area contributed by atoms with Gasteiger partial charge >= 0.3 is 6.03 Å². The molecule has 0 radical (unpaired) electrons. The minimum atomic E-state index is -0.472. The predicted molar refractivity (Wildman–Crippen MR) is 119 cm³/mol. The van der Waals surface area contributed by atoms with E-state index in [4.69, 9.17) is 4.74 Å². The van der Waals surface area contributed by atoms with Gasteiger partial charge in [0.2, 0.25) is 5.91 Å². The Hall–Kier alpha value is -2.61. The van der Waals surface area contributed by atoms with E-state index >= 15 is 0 Å². The normalized spacial score (nSPS) is 16.2. The van der Waals surface area contributed by atoms with Crippen molar-refractivity contribution in [2.24, 2.45) is 0 Å². The van der Waals surface area contributed by atoms with E-state index in [0.29, 0.717) is 13.1 Å². The van der Waals surface area contributed by atoms with Crippen LogP contribution in [0, 0.1) is 0 Å². The summed E-state index contributed by atoms with van der Waals surface area (Å²) in [6.45, 7) is 3.44. The zero-order valence-corrected chi connectivity index (χ0v) is 17.9. The van der Waals surface area contributed by atoms with Gasteiger partial charge in [-0.1, -0.05) is 48.5 Å². The smallest absolute Gasteiger partial charge is 0.321 e. The van der Waals surface area contributed by atoms with Crippen molar-refractivity contribution in [3.05, 3.63) is 65.7 Å². The molecule has 0 saturated carbocycles. The number of halogens is 1. The van der Waals surface area contributed by atoms with Gasteiger partial charge in [0.05, 0.1) is 13.2 Å². The molecule has 1 heterocycles. The van der Waals surface area contributed by atoms with Crippen molar-refractivity contribution in [1.82, 2.24) is 20.9 Å². The van der Waals surface area contributed by atoms with Crippen LogP contribution in [0.25, 0.3) is 0 Å². The number of para-hydroxylation sites is 1. The molecule has 7 nitrogen and oxygen atoms in total. The maximum atomic E-state index is 12.2. The third-order valence-electron chi connectivity index (χ3n) is 5.03. The standard InChI is InChI=1S/C22H28N4O3.ClH/c1-29-20-10-6-5-9-18(20)19-16-23-12-14-26(19)13-11-21(27)25-22(28)24-15-17-7-3-2-4-8-17;/h2-10,19,23H,11-16H2,1H3,(H2,24,25,27,28);1H. The highest BCUT2D eigenvalue weighted by Crippen LogP contribution is 2.30. The summed E-state index contributed by atoms with van der Waals surface area (Å²) >= 11 is 0. The third-order valence-corrected chi connectivity index (χ3v) is 5.03. The van der Waals surface area contributed by atoms with Gasteiger partial charge in [0, 0.05) is 44.7 Å². The molecule has 2 aromatic rings. The summed E-state index contributed by atoms with van der Waals surface area (Å²) in [7, 11) is 1.67. The molecule has 0 bridgehead atoms. The summed E-state index contributed by atoms with van der Waals surface area (Å²) in [5.74, 6) is 0.559. The van der Waals surface area contributed by atoms with Gasteiger partial charge in [-0.05, 0) is 11.6 Å². The molecule has 1 aliphatic rings. The lowest BCUT2D eigenvalue weighted by atomic mass is 10.0. The number of carbonyl (C=O) groups is 2. The van der Waals surface area contributed by atoms with E-state index in [1.807, 2.05) is 48.5 Å². The number of piperazine rings is 1. The first-order valence-corrected chi connectivity index (χ1v) is 9.86. The van der Waals surface area contributed by atoms with Crippen LogP contribution in [0.15, 0.2) is 54.6 Å². The molecule has 0 aromatic heterocycles. The number of carbonyl (C=O) groups excluding carboxylic acids is 2. The summed E-state index contributed by atoms with van der Waals surface area (Å²) in [5.41, 5.74) is 2.08. The van der Waals surface area contributed by atoms with Gasteiger partial charge in [0.25, 0.3) is 0 Å². The average molecular weight is 433 g/mol. The second kappa shape index (κ2) is 12.2. The summed E-state index contributed by atoms with van der Waals surface area (Å²) in [6.07, 6.45) is 0.254. The highest BCUT2D eigenvalue weighted by atomic mass is 35.5. The molecule has 3 amide bonds. The first-order chi connectivity index (χ1) is 14.2. The van der Waals surface area contributed by atoms with Crippen molar-refractivity contribution in [2.45, 2.75) is 19.0 Å². The van der Waals surface area contributed by atoms with Gasteiger partial charge in [-0.15, -0.1) is 12.4 Å².